The summed E-state index contributed by atoms with van der Waals surface area (Å²) >= 11 is 0. The molecule has 5 rings (SSSR count). The van der Waals surface area contributed by atoms with Crippen molar-refractivity contribution in [3.05, 3.63) is 75.5 Å². The predicted molar refractivity (Wildman–Crippen MR) is 144 cm³/mol. The number of rotatable bonds is 4. The average molecular weight is 509 g/mol. The molecule has 0 bridgehead atoms. The SMILES string of the molecule is CC.CC.Cn1nc(Cc2ccc(F)c(C(=O)N3CCN(C(=O)C4CC4)CC3)c2)c2ccccc2c1=O. The molecule has 198 valence electrons. The van der Waals surface area contributed by atoms with E-state index in [4.69, 9.17) is 0 Å². The number of halogens is 1. The minimum atomic E-state index is -0.571. The molecule has 1 aliphatic heterocycles. The van der Waals surface area contributed by atoms with Gasteiger partial charge in [0.1, 0.15) is 5.82 Å². The quantitative estimate of drug-likeness (QED) is 0.523. The van der Waals surface area contributed by atoms with E-state index in [2.05, 4.69) is 5.10 Å². The van der Waals surface area contributed by atoms with E-state index in [-0.39, 0.29) is 28.9 Å². The van der Waals surface area contributed by atoms with Crippen LogP contribution in [0.4, 0.5) is 4.39 Å². The Balaban J connectivity index is 0.000000907. The molecule has 37 heavy (non-hydrogen) atoms. The Morgan fingerprint density at radius 1 is 0.919 bits per heavy atom. The second kappa shape index (κ2) is 12.6. The van der Waals surface area contributed by atoms with Gasteiger partial charge in [-0.1, -0.05) is 52.0 Å². The lowest BCUT2D eigenvalue weighted by atomic mass is 10.0. The Labute approximate surface area is 217 Å². The fourth-order valence-electron chi connectivity index (χ4n) is 4.43. The summed E-state index contributed by atoms with van der Waals surface area (Å²) in [6, 6.07) is 11.8. The normalized spacial score (nSPS) is 14.9. The summed E-state index contributed by atoms with van der Waals surface area (Å²) in [5.74, 6) is -0.611. The smallest absolute Gasteiger partial charge is 0.274 e. The molecule has 0 N–H and O–H groups in total. The Morgan fingerprint density at radius 3 is 2.14 bits per heavy atom. The number of hydrogen-bond acceptors (Lipinski definition) is 4. The first-order valence-electron chi connectivity index (χ1n) is 13.2. The van der Waals surface area contributed by atoms with Gasteiger partial charge < -0.3 is 9.80 Å². The number of amides is 2. The van der Waals surface area contributed by atoms with E-state index in [9.17, 15) is 18.8 Å². The molecule has 0 unspecified atom stereocenters. The molecule has 1 saturated carbocycles. The van der Waals surface area contributed by atoms with Gasteiger partial charge in [0, 0.05) is 51.0 Å². The zero-order valence-corrected chi connectivity index (χ0v) is 22.5. The highest BCUT2D eigenvalue weighted by molar-refractivity contribution is 5.95. The second-order valence-electron chi connectivity index (χ2n) is 8.80. The molecule has 2 aliphatic rings. The van der Waals surface area contributed by atoms with E-state index in [1.54, 1.807) is 36.2 Å². The molecule has 3 aromatic rings. The summed E-state index contributed by atoms with van der Waals surface area (Å²) in [6.07, 6.45) is 2.27. The van der Waals surface area contributed by atoms with E-state index in [1.165, 1.54) is 10.7 Å². The minimum absolute atomic E-state index is 0.0172. The number of carbonyl (C=O) groups is 2. The first-order valence-corrected chi connectivity index (χ1v) is 13.2. The van der Waals surface area contributed by atoms with Crippen molar-refractivity contribution in [1.29, 1.82) is 0 Å². The highest BCUT2D eigenvalue weighted by Crippen LogP contribution is 2.31. The third kappa shape index (κ3) is 6.24. The van der Waals surface area contributed by atoms with Gasteiger partial charge in [0.05, 0.1) is 16.6 Å². The Hall–Kier alpha value is -3.55. The summed E-state index contributed by atoms with van der Waals surface area (Å²) in [6.45, 7) is 9.76. The summed E-state index contributed by atoms with van der Waals surface area (Å²) < 4.78 is 15.9. The van der Waals surface area contributed by atoms with Crippen LogP contribution in [0, 0.1) is 11.7 Å². The first-order chi connectivity index (χ1) is 17.9. The fraction of sp³-hybridized carbons (Fsp3) is 0.448. The maximum atomic E-state index is 14.6. The van der Waals surface area contributed by atoms with E-state index >= 15 is 0 Å². The maximum absolute atomic E-state index is 14.6. The van der Waals surface area contributed by atoms with E-state index in [0.29, 0.717) is 43.7 Å². The van der Waals surface area contributed by atoms with Crippen LogP contribution in [-0.4, -0.2) is 57.6 Å². The molecule has 1 saturated heterocycles. The van der Waals surface area contributed by atoms with Gasteiger partial charge in [-0.3, -0.25) is 14.4 Å². The molecular weight excluding hydrogens is 471 g/mol. The van der Waals surface area contributed by atoms with Gasteiger partial charge in [-0.15, -0.1) is 0 Å². The average Bonchev–Trinajstić information content (AvgIpc) is 3.80. The number of fused-ring (bicyclic) bond motifs is 1. The fourth-order valence-corrected chi connectivity index (χ4v) is 4.43. The zero-order chi connectivity index (χ0) is 27.1. The van der Waals surface area contributed by atoms with Crippen LogP contribution < -0.4 is 5.56 Å². The summed E-state index contributed by atoms with van der Waals surface area (Å²) in [7, 11) is 1.60. The predicted octanol–water partition coefficient (Wildman–Crippen LogP) is 4.41. The van der Waals surface area contributed by atoms with E-state index in [1.807, 2.05) is 44.7 Å². The molecule has 8 heteroatoms. The molecule has 2 fully saturated rings. The van der Waals surface area contributed by atoms with Gasteiger partial charge in [0.2, 0.25) is 5.91 Å². The van der Waals surface area contributed by atoms with Crippen molar-refractivity contribution >= 4 is 22.6 Å². The van der Waals surface area contributed by atoms with Crippen molar-refractivity contribution in [2.45, 2.75) is 47.0 Å². The summed E-state index contributed by atoms with van der Waals surface area (Å²) in [5, 5.41) is 5.72. The molecule has 0 spiro atoms. The number of carbonyl (C=O) groups excluding carboxylic acids is 2. The van der Waals surface area contributed by atoms with Crippen molar-refractivity contribution in [2.24, 2.45) is 13.0 Å². The zero-order valence-electron chi connectivity index (χ0n) is 22.5. The maximum Gasteiger partial charge on any atom is 0.274 e. The van der Waals surface area contributed by atoms with Crippen LogP contribution in [-0.2, 0) is 18.3 Å². The summed E-state index contributed by atoms with van der Waals surface area (Å²) in [5.41, 5.74) is 1.26. The molecule has 2 heterocycles. The number of piperazine rings is 1. The first kappa shape index (κ1) is 28.0. The standard InChI is InChI=1S/C25H25FN4O3.2C2H6/c1-28-24(32)19-5-3-2-4-18(19)22(27-28)15-16-6-9-21(26)20(14-16)25(33)30-12-10-29(11-13-30)23(31)17-7-8-17;2*1-2/h2-6,9,14,17H,7-8,10-13,15H2,1H3;2*1-2H3. The molecule has 2 amide bonds. The summed E-state index contributed by atoms with van der Waals surface area (Å²) in [4.78, 5) is 41.1. The van der Waals surface area contributed by atoms with Gasteiger partial charge in [0.25, 0.3) is 11.5 Å². The molecular formula is C29H37FN4O3. The molecule has 0 radical (unpaired) electrons. The van der Waals surface area contributed by atoms with Crippen molar-refractivity contribution in [2.75, 3.05) is 26.2 Å². The van der Waals surface area contributed by atoms with Crippen molar-refractivity contribution < 1.29 is 14.0 Å². The lowest BCUT2D eigenvalue weighted by Crippen LogP contribution is -2.51. The number of aryl methyl sites for hydroxylation is 1. The van der Waals surface area contributed by atoms with Crippen molar-refractivity contribution in [3.8, 4) is 0 Å². The van der Waals surface area contributed by atoms with Gasteiger partial charge in [-0.25, -0.2) is 9.07 Å². The minimum Gasteiger partial charge on any atom is -0.339 e. The monoisotopic (exact) mass is 508 g/mol. The Morgan fingerprint density at radius 2 is 1.51 bits per heavy atom. The molecule has 7 nitrogen and oxygen atoms in total. The third-order valence-corrected chi connectivity index (χ3v) is 6.47. The van der Waals surface area contributed by atoms with Crippen LogP contribution in [0.1, 0.15) is 62.2 Å². The van der Waals surface area contributed by atoms with E-state index in [0.717, 1.165) is 23.8 Å². The third-order valence-electron chi connectivity index (χ3n) is 6.47. The topological polar surface area (TPSA) is 75.5 Å². The Bertz CT molecular complexity index is 1310. The van der Waals surface area contributed by atoms with Crippen LogP contribution >= 0.6 is 0 Å². The Kier molecular flexibility index (Phi) is 9.55. The van der Waals surface area contributed by atoms with Crippen LogP contribution in [0.2, 0.25) is 0 Å². The lowest BCUT2D eigenvalue weighted by Gasteiger charge is -2.35. The molecule has 1 aliphatic carbocycles. The number of aromatic nitrogens is 2. The van der Waals surface area contributed by atoms with Gasteiger partial charge in [0.15, 0.2) is 0 Å². The number of hydrogen-bond donors (Lipinski definition) is 0. The van der Waals surface area contributed by atoms with Crippen LogP contribution in [0.5, 0.6) is 0 Å². The highest BCUT2D eigenvalue weighted by Gasteiger charge is 2.35. The lowest BCUT2D eigenvalue weighted by molar-refractivity contribution is -0.134. The number of benzene rings is 2. The van der Waals surface area contributed by atoms with Gasteiger partial charge in [-0.2, -0.15) is 5.10 Å². The van der Waals surface area contributed by atoms with Crippen molar-refractivity contribution in [3.63, 3.8) is 0 Å². The van der Waals surface area contributed by atoms with Crippen LogP contribution in [0.3, 0.4) is 0 Å². The van der Waals surface area contributed by atoms with Gasteiger partial charge >= 0.3 is 0 Å². The van der Waals surface area contributed by atoms with Crippen molar-refractivity contribution in [1.82, 2.24) is 19.6 Å². The van der Waals surface area contributed by atoms with Crippen LogP contribution in [0.25, 0.3) is 10.8 Å². The number of nitrogens with zero attached hydrogens (tertiary/aromatic N) is 4. The van der Waals surface area contributed by atoms with Crippen LogP contribution in [0.15, 0.2) is 47.3 Å². The molecule has 1 aromatic heterocycles. The second-order valence-corrected chi connectivity index (χ2v) is 8.80. The largest absolute Gasteiger partial charge is 0.339 e. The highest BCUT2D eigenvalue weighted by atomic mass is 19.1. The molecule has 2 aromatic carbocycles. The van der Waals surface area contributed by atoms with Gasteiger partial charge in [-0.05, 0) is 36.6 Å². The molecule has 0 atom stereocenters. The van der Waals surface area contributed by atoms with E-state index < -0.39 is 5.82 Å².